The molecule has 0 unspecified atom stereocenters. The van der Waals surface area contributed by atoms with Crippen LogP contribution in [0.25, 0.3) is 0 Å². The number of likely N-dealkylation sites (tertiary alicyclic amines) is 1. The highest BCUT2D eigenvalue weighted by atomic mass is 32.1. The highest BCUT2D eigenvalue weighted by Crippen LogP contribution is 2.58. The summed E-state index contributed by atoms with van der Waals surface area (Å²) in [5, 5.41) is 0. The fourth-order valence-corrected chi connectivity index (χ4v) is 8.69. The molecule has 1 aromatic carbocycles. The third-order valence-corrected chi connectivity index (χ3v) is 10.2. The van der Waals surface area contributed by atoms with Gasteiger partial charge in [0, 0.05) is 11.1 Å². The van der Waals surface area contributed by atoms with Gasteiger partial charge in [-0.1, -0.05) is 38.6 Å². The Hall–Kier alpha value is -1.47. The van der Waals surface area contributed by atoms with Crippen molar-refractivity contribution in [1.29, 1.82) is 0 Å². The van der Waals surface area contributed by atoms with Crippen LogP contribution in [0.4, 0.5) is 18.9 Å². The number of rotatable bonds is 3. The van der Waals surface area contributed by atoms with Crippen LogP contribution in [0.1, 0.15) is 77.2 Å². The van der Waals surface area contributed by atoms with Crippen LogP contribution in [0.5, 0.6) is 0 Å². The van der Waals surface area contributed by atoms with Gasteiger partial charge in [-0.15, -0.1) is 0 Å². The first kappa shape index (κ1) is 23.9. The molecule has 0 aromatic heterocycles. The number of benzene rings is 1. The van der Waals surface area contributed by atoms with Crippen LogP contribution in [0, 0.1) is 23.2 Å². The minimum Gasteiger partial charge on any atom is -0.293 e. The zero-order valence-electron chi connectivity index (χ0n) is 20.8. The van der Waals surface area contributed by atoms with Gasteiger partial charge < -0.3 is 0 Å². The Morgan fingerprint density at radius 2 is 1.54 bits per heavy atom. The lowest BCUT2D eigenvalue weighted by atomic mass is 9.53. The number of aliphatic imine (C=N–C) groups is 1. The maximum atomic E-state index is 13.7. The van der Waals surface area contributed by atoms with E-state index in [0.717, 1.165) is 74.8 Å². The molecule has 0 radical (unpaired) electrons. The lowest BCUT2D eigenvalue weighted by molar-refractivity contribution is -0.137. The van der Waals surface area contributed by atoms with Gasteiger partial charge in [0.05, 0.1) is 22.1 Å². The second-order valence-corrected chi connectivity index (χ2v) is 12.9. The van der Waals surface area contributed by atoms with E-state index in [4.69, 9.17) is 17.2 Å². The zero-order valence-corrected chi connectivity index (χ0v) is 21.6. The molecule has 1 aromatic rings. The van der Waals surface area contributed by atoms with E-state index >= 15 is 0 Å². The van der Waals surface area contributed by atoms with E-state index in [0.29, 0.717) is 10.7 Å². The molecule has 6 fully saturated rings. The van der Waals surface area contributed by atoms with Gasteiger partial charge in [0.25, 0.3) is 0 Å². The highest BCUT2D eigenvalue weighted by molar-refractivity contribution is 7.80. The van der Waals surface area contributed by atoms with Crippen LogP contribution >= 0.6 is 12.2 Å². The van der Waals surface area contributed by atoms with Crippen molar-refractivity contribution in [3.8, 4) is 0 Å². The molecule has 35 heavy (non-hydrogen) atoms. The molecule has 7 heteroatoms. The molecular formula is C28H36F3N3S. The molecule has 7 rings (SSSR count). The molecule has 190 valence electrons. The molecule has 2 heterocycles. The van der Waals surface area contributed by atoms with Crippen molar-refractivity contribution >= 4 is 28.7 Å². The van der Waals surface area contributed by atoms with Crippen LogP contribution in [-0.4, -0.2) is 40.4 Å². The van der Waals surface area contributed by atoms with Crippen LogP contribution < -0.4 is 4.90 Å². The molecule has 2 saturated heterocycles. The minimum absolute atomic E-state index is 0.00199. The molecule has 6 aliphatic rings. The van der Waals surface area contributed by atoms with Crippen molar-refractivity contribution in [2.75, 3.05) is 18.0 Å². The van der Waals surface area contributed by atoms with Crippen LogP contribution in [-0.2, 0) is 6.18 Å². The van der Waals surface area contributed by atoms with Gasteiger partial charge in [-0.3, -0.25) is 14.8 Å². The summed E-state index contributed by atoms with van der Waals surface area (Å²) in [5.41, 5.74) is -0.595. The second-order valence-electron chi connectivity index (χ2n) is 12.5. The average Bonchev–Trinajstić information content (AvgIpc) is 2.97. The monoisotopic (exact) mass is 503 g/mol. The number of amidine groups is 1. The van der Waals surface area contributed by atoms with Gasteiger partial charge in [0.2, 0.25) is 0 Å². The number of anilines is 1. The number of halogens is 3. The summed E-state index contributed by atoms with van der Waals surface area (Å²) in [4.78, 5) is 10.8. The lowest BCUT2D eigenvalue weighted by Crippen LogP contribution is -2.53. The Morgan fingerprint density at radius 3 is 2.11 bits per heavy atom. The number of alkyl halides is 3. The van der Waals surface area contributed by atoms with Crippen molar-refractivity contribution in [2.45, 2.75) is 89.4 Å². The number of hydrogen-bond donors (Lipinski definition) is 0. The van der Waals surface area contributed by atoms with Gasteiger partial charge in [0.15, 0.2) is 0 Å². The van der Waals surface area contributed by atoms with Crippen molar-refractivity contribution in [2.24, 2.45) is 28.2 Å². The maximum Gasteiger partial charge on any atom is 0.416 e. The first-order chi connectivity index (χ1) is 16.6. The summed E-state index contributed by atoms with van der Waals surface area (Å²) in [6, 6.07) is 5.68. The SMILES string of the molecule is CC1(C)C(=S)N(c2cccc(C(F)(F)F)c2)C(=NC23CC4CC(CC(C4)C2)C3)[C@H]1N1CCCCC1. The van der Waals surface area contributed by atoms with Crippen molar-refractivity contribution < 1.29 is 13.2 Å². The van der Waals surface area contributed by atoms with Crippen LogP contribution in [0.15, 0.2) is 29.3 Å². The smallest absolute Gasteiger partial charge is 0.293 e. The number of nitrogens with zero attached hydrogens (tertiary/aromatic N) is 3. The number of thiocarbonyl (C=S) groups is 1. The van der Waals surface area contributed by atoms with Gasteiger partial charge in [0.1, 0.15) is 5.84 Å². The molecule has 0 spiro atoms. The normalized spacial score (nSPS) is 38.0. The minimum atomic E-state index is -4.39. The summed E-state index contributed by atoms with van der Waals surface area (Å²) >= 11 is 6.07. The second kappa shape index (κ2) is 8.27. The first-order valence-electron chi connectivity index (χ1n) is 13.4. The van der Waals surface area contributed by atoms with E-state index in [1.54, 1.807) is 6.07 Å². The maximum absolute atomic E-state index is 13.7. The fourth-order valence-electron chi connectivity index (χ4n) is 8.38. The molecule has 4 bridgehead atoms. The first-order valence-corrected chi connectivity index (χ1v) is 13.8. The third kappa shape index (κ3) is 4.05. The molecule has 4 aliphatic carbocycles. The van der Waals surface area contributed by atoms with Gasteiger partial charge >= 0.3 is 6.18 Å². The third-order valence-electron chi connectivity index (χ3n) is 9.46. The Morgan fingerprint density at radius 1 is 0.943 bits per heavy atom. The van der Waals surface area contributed by atoms with Crippen molar-refractivity contribution in [3.05, 3.63) is 29.8 Å². The van der Waals surface area contributed by atoms with Crippen molar-refractivity contribution in [1.82, 2.24) is 4.90 Å². The molecule has 3 nitrogen and oxygen atoms in total. The van der Waals surface area contributed by atoms with E-state index in [1.165, 1.54) is 37.8 Å². The predicted octanol–water partition coefficient (Wildman–Crippen LogP) is 7.10. The lowest BCUT2D eigenvalue weighted by Gasteiger charge is -2.55. The molecular weight excluding hydrogens is 467 g/mol. The molecule has 0 amide bonds. The van der Waals surface area contributed by atoms with Crippen LogP contribution in [0.3, 0.4) is 0 Å². The summed E-state index contributed by atoms with van der Waals surface area (Å²) in [6.07, 6.45) is 6.50. The standard InChI is InChI=1S/C28H36F3N3S/c1-26(2)23(33-9-4-3-5-10-33)24(32-27-15-18-11-19(16-27)13-20(12-18)17-27)34(25(26)35)22-8-6-7-21(14-22)28(29,30)31/h6-8,14,18-20,23H,3-5,9-13,15-17H2,1-2H3/t18?,19?,20?,23-,27?/m1/s1. The zero-order chi connectivity index (χ0) is 24.6. The molecule has 2 aliphatic heterocycles. The topological polar surface area (TPSA) is 18.8 Å². The van der Waals surface area contributed by atoms with Crippen molar-refractivity contribution in [3.63, 3.8) is 0 Å². The quantitative estimate of drug-likeness (QED) is 0.410. The van der Waals surface area contributed by atoms with E-state index in [-0.39, 0.29) is 17.0 Å². The molecule has 4 saturated carbocycles. The van der Waals surface area contributed by atoms with Crippen LogP contribution in [0.2, 0.25) is 0 Å². The highest BCUT2D eigenvalue weighted by Gasteiger charge is 2.56. The number of piperidine rings is 1. The van der Waals surface area contributed by atoms with E-state index in [2.05, 4.69) is 18.7 Å². The Balaban J connectivity index is 1.48. The average molecular weight is 504 g/mol. The molecule has 0 N–H and O–H groups in total. The largest absolute Gasteiger partial charge is 0.416 e. The summed E-state index contributed by atoms with van der Waals surface area (Å²) in [5.74, 6) is 3.16. The van der Waals surface area contributed by atoms with Gasteiger partial charge in [-0.25, -0.2) is 0 Å². The Bertz CT molecular complexity index is 1000. The fraction of sp³-hybridized carbons (Fsp3) is 0.714. The Kier molecular flexibility index (Phi) is 5.65. The van der Waals surface area contributed by atoms with E-state index in [1.807, 2.05) is 4.90 Å². The van der Waals surface area contributed by atoms with E-state index in [9.17, 15) is 13.2 Å². The predicted molar refractivity (Wildman–Crippen MR) is 138 cm³/mol. The summed E-state index contributed by atoms with van der Waals surface area (Å²) in [7, 11) is 0. The number of hydrogen-bond acceptors (Lipinski definition) is 3. The Labute approximate surface area is 212 Å². The summed E-state index contributed by atoms with van der Waals surface area (Å²) < 4.78 is 41.0. The van der Waals surface area contributed by atoms with E-state index < -0.39 is 11.7 Å². The summed E-state index contributed by atoms with van der Waals surface area (Å²) in [6.45, 7) is 6.31. The molecule has 1 atom stereocenters. The van der Waals surface area contributed by atoms with Gasteiger partial charge in [-0.2, -0.15) is 13.2 Å². The van der Waals surface area contributed by atoms with Gasteiger partial charge in [-0.05, 0) is 100 Å².